The number of nitrogens with one attached hydrogen (secondary N) is 1. The molecule has 47 heavy (non-hydrogen) atoms. The van der Waals surface area contributed by atoms with E-state index < -0.39 is 28.5 Å². The van der Waals surface area contributed by atoms with Crippen molar-refractivity contribution in [3.05, 3.63) is 120 Å². The van der Waals surface area contributed by atoms with Crippen LogP contribution in [0.5, 0.6) is 11.5 Å². The first-order chi connectivity index (χ1) is 22.7. The van der Waals surface area contributed by atoms with Crippen molar-refractivity contribution in [3.63, 3.8) is 0 Å². The first kappa shape index (κ1) is 33.7. The standard InChI is InChI=1S/C38H43N3O5S/c1-4-36(38(43)39-31-14-10-11-15-31)40(26-30-13-9-8-12-29(30)3)37(42)27-41(47(44,45)35-24-18-28(2)19-25-35)32-20-22-34(23-21-32)46-33-16-6-5-7-17-33/h5-9,12-13,16-25,31,36H,4,10-11,14-15,26-27H2,1-3H3,(H,39,43)/t36-/m0/s1. The first-order valence-electron chi connectivity index (χ1n) is 16.2. The molecular formula is C38H43N3O5S. The summed E-state index contributed by atoms with van der Waals surface area (Å²) in [5, 5.41) is 3.16. The average molecular weight is 654 g/mol. The van der Waals surface area contributed by atoms with Gasteiger partial charge in [0.25, 0.3) is 10.0 Å². The van der Waals surface area contributed by atoms with Gasteiger partial charge in [-0.2, -0.15) is 0 Å². The molecule has 1 N–H and O–H groups in total. The number of sulfonamides is 1. The van der Waals surface area contributed by atoms with Gasteiger partial charge in [0.2, 0.25) is 11.8 Å². The van der Waals surface area contributed by atoms with Crippen molar-refractivity contribution in [2.45, 2.75) is 76.4 Å². The van der Waals surface area contributed by atoms with Crippen LogP contribution in [-0.2, 0) is 26.2 Å². The van der Waals surface area contributed by atoms with Gasteiger partial charge >= 0.3 is 0 Å². The lowest BCUT2D eigenvalue weighted by atomic mass is 10.1. The van der Waals surface area contributed by atoms with Gasteiger partial charge in [-0.25, -0.2) is 8.42 Å². The number of carbonyl (C=O) groups excluding carboxylic acids is 2. The number of hydrogen-bond donors (Lipinski definition) is 1. The molecule has 1 aliphatic carbocycles. The zero-order valence-electron chi connectivity index (χ0n) is 27.3. The molecule has 0 heterocycles. The van der Waals surface area contributed by atoms with E-state index in [-0.39, 0.29) is 23.4 Å². The van der Waals surface area contributed by atoms with Gasteiger partial charge in [0, 0.05) is 12.6 Å². The second-order valence-electron chi connectivity index (χ2n) is 12.1. The third kappa shape index (κ3) is 8.40. The van der Waals surface area contributed by atoms with Crippen molar-refractivity contribution in [2.75, 3.05) is 10.8 Å². The van der Waals surface area contributed by atoms with Crippen molar-refractivity contribution in [2.24, 2.45) is 0 Å². The number of carbonyl (C=O) groups is 2. The van der Waals surface area contributed by atoms with Crippen LogP contribution in [0.15, 0.2) is 108 Å². The van der Waals surface area contributed by atoms with Crippen LogP contribution >= 0.6 is 0 Å². The zero-order chi connectivity index (χ0) is 33.4. The highest BCUT2D eigenvalue weighted by molar-refractivity contribution is 7.92. The highest BCUT2D eigenvalue weighted by Gasteiger charge is 2.34. The second-order valence-corrected chi connectivity index (χ2v) is 14.0. The third-order valence-corrected chi connectivity index (χ3v) is 10.5. The normalized spacial score (nSPS) is 13.9. The molecule has 1 fully saturated rings. The fourth-order valence-corrected chi connectivity index (χ4v) is 7.34. The van der Waals surface area contributed by atoms with Crippen molar-refractivity contribution in [1.82, 2.24) is 10.2 Å². The summed E-state index contributed by atoms with van der Waals surface area (Å²) in [6.07, 6.45) is 4.34. The van der Waals surface area contributed by atoms with E-state index in [1.165, 1.54) is 4.90 Å². The Morgan fingerprint density at radius 1 is 0.830 bits per heavy atom. The molecular weight excluding hydrogens is 611 g/mol. The Morgan fingerprint density at radius 3 is 2.09 bits per heavy atom. The summed E-state index contributed by atoms with van der Waals surface area (Å²) in [6.45, 7) is 5.40. The number of ether oxygens (including phenoxy) is 1. The molecule has 1 saturated carbocycles. The summed E-state index contributed by atoms with van der Waals surface area (Å²) in [5.41, 5.74) is 3.09. The molecule has 0 aromatic heterocycles. The molecule has 0 aliphatic heterocycles. The van der Waals surface area contributed by atoms with Crippen molar-refractivity contribution in [3.8, 4) is 11.5 Å². The highest BCUT2D eigenvalue weighted by atomic mass is 32.2. The van der Waals surface area contributed by atoms with Crippen LogP contribution in [0.3, 0.4) is 0 Å². The maximum atomic E-state index is 14.4. The van der Waals surface area contributed by atoms with E-state index in [0.717, 1.165) is 46.7 Å². The Balaban J connectivity index is 1.50. The van der Waals surface area contributed by atoms with E-state index >= 15 is 0 Å². The van der Waals surface area contributed by atoms with E-state index in [1.54, 1.807) is 48.5 Å². The van der Waals surface area contributed by atoms with Crippen LogP contribution in [0.25, 0.3) is 0 Å². The number of para-hydroxylation sites is 1. The fourth-order valence-electron chi connectivity index (χ4n) is 5.93. The molecule has 8 nitrogen and oxygen atoms in total. The quantitative estimate of drug-likeness (QED) is 0.165. The van der Waals surface area contributed by atoms with Gasteiger partial charge in [-0.15, -0.1) is 0 Å². The van der Waals surface area contributed by atoms with Gasteiger partial charge < -0.3 is 15.0 Å². The topological polar surface area (TPSA) is 96.0 Å². The minimum Gasteiger partial charge on any atom is -0.457 e. The van der Waals surface area contributed by atoms with Crippen LogP contribution in [0.1, 0.15) is 55.7 Å². The Kier molecular flexibility index (Phi) is 11.0. The maximum Gasteiger partial charge on any atom is 0.264 e. The largest absolute Gasteiger partial charge is 0.457 e. The molecule has 246 valence electrons. The molecule has 0 spiro atoms. The maximum absolute atomic E-state index is 14.4. The monoisotopic (exact) mass is 653 g/mol. The summed E-state index contributed by atoms with van der Waals surface area (Å²) in [4.78, 5) is 29.7. The Bertz CT molecular complexity index is 1750. The average Bonchev–Trinajstić information content (AvgIpc) is 3.58. The smallest absolute Gasteiger partial charge is 0.264 e. The molecule has 0 unspecified atom stereocenters. The summed E-state index contributed by atoms with van der Waals surface area (Å²) >= 11 is 0. The molecule has 4 aromatic carbocycles. The van der Waals surface area contributed by atoms with Crippen LogP contribution in [0.2, 0.25) is 0 Å². The minimum absolute atomic E-state index is 0.0667. The first-order valence-corrected chi connectivity index (χ1v) is 17.7. The summed E-state index contributed by atoms with van der Waals surface area (Å²) in [6, 6.07) is 29.5. The van der Waals surface area contributed by atoms with Gasteiger partial charge in [0.15, 0.2) is 0 Å². The van der Waals surface area contributed by atoms with Gasteiger partial charge in [-0.3, -0.25) is 13.9 Å². The SMILES string of the molecule is CC[C@@H](C(=O)NC1CCCC1)N(Cc1ccccc1C)C(=O)CN(c1ccc(Oc2ccccc2)cc1)S(=O)(=O)c1ccc(C)cc1. The van der Waals surface area contributed by atoms with Crippen LogP contribution in [0.4, 0.5) is 5.69 Å². The summed E-state index contributed by atoms with van der Waals surface area (Å²) in [7, 11) is -4.18. The van der Waals surface area contributed by atoms with Crippen molar-refractivity contribution in [1.29, 1.82) is 0 Å². The number of hydrogen-bond acceptors (Lipinski definition) is 5. The number of anilines is 1. The number of aryl methyl sites for hydroxylation is 2. The summed E-state index contributed by atoms with van der Waals surface area (Å²) in [5.74, 6) is 0.487. The molecule has 0 bridgehead atoms. The molecule has 0 radical (unpaired) electrons. The molecule has 1 aliphatic rings. The van der Waals surface area contributed by atoms with E-state index in [0.29, 0.717) is 23.6 Å². The van der Waals surface area contributed by atoms with Gasteiger partial charge in [0.05, 0.1) is 10.6 Å². The second kappa shape index (κ2) is 15.3. The lowest BCUT2D eigenvalue weighted by Crippen LogP contribution is -2.53. The Morgan fingerprint density at radius 2 is 1.45 bits per heavy atom. The molecule has 4 aromatic rings. The number of amides is 2. The van der Waals surface area contributed by atoms with E-state index in [1.807, 2.05) is 75.4 Å². The number of rotatable bonds is 13. The van der Waals surface area contributed by atoms with Crippen molar-refractivity contribution < 1.29 is 22.7 Å². The van der Waals surface area contributed by atoms with Crippen LogP contribution in [0, 0.1) is 13.8 Å². The van der Waals surface area contributed by atoms with E-state index in [2.05, 4.69) is 5.32 Å². The van der Waals surface area contributed by atoms with Crippen LogP contribution in [-0.4, -0.2) is 43.8 Å². The van der Waals surface area contributed by atoms with Gasteiger partial charge in [0.1, 0.15) is 24.1 Å². The molecule has 5 rings (SSSR count). The fraction of sp³-hybridized carbons (Fsp3) is 0.316. The minimum atomic E-state index is -4.18. The predicted octanol–water partition coefficient (Wildman–Crippen LogP) is 7.16. The predicted molar refractivity (Wildman–Crippen MR) is 185 cm³/mol. The van der Waals surface area contributed by atoms with E-state index in [9.17, 15) is 18.0 Å². The highest BCUT2D eigenvalue weighted by Crippen LogP contribution is 2.29. The Hall–Kier alpha value is -4.63. The van der Waals surface area contributed by atoms with Crippen molar-refractivity contribution >= 4 is 27.5 Å². The lowest BCUT2D eigenvalue weighted by Gasteiger charge is -2.34. The van der Waals surface area contributed by atoms with Gasteiger partial charge in [-0.1, -0.05) is 79.9 Å². The zero-order valence-corrected chi connectivity index (χ0v) is 28.1. The van der Waals surface area contributed by atoms with Gasteiger partial charge in [-0.05, 0) is 92.8 Å². The summed E-state index contributed by atoms with van der Waals surface area (Å²) < 4.78 is 35.5. The number of nitrogens with zero attached hydrogens (tertiary/aromatic N) is 2. The Labute approximate surface area is 278 Å². The lowest BCUT2D eigenvalue weighted by molar-refractivity contribution is -0.140. The molecule has 1 atom stereocenters. The molecule has 2 amide bonds. The van der Waals surface area contributed by atoms with Crippen LogP contribution < -0.4 is 14.4 Å². The van der Waals surface area contributed by atoms with E-state index in [4.69, 9.17) is 4.74 Å². The molecule has 0 saturated heterocycles. The third-order valence-electron chi connectivity index (χ3n) is 8.68. The molecule has 9 heteroatoms. The number of benzene rings is 4.